The lowest BCUT2D eigenvalue weighted by molar-refractivity contribution is 0.603. The van der Waals surface area contributed by atoms with Gasteiger partial charge in [-0.3, -0.25) is 0 Å². The summed E-state index contributed by atoms with van der Waals surface area (Å²) in [6.07, 6.45) is 1.44. The zero-order valence-electron chi connectivity index (χ0n) is 11.1. The van der Waals surface area contributed by atoms with Crippen molar-refractivity contribution in [2.24, 2.45) is 0 Å². The smallest absolute Gasteiger partial charge is 0.216 e. The van der Waals surface area contributed by atoms with Crippen molar-refractivity contribution in [2.45, 2.75) is 18.7 Å². The van der Waals surface area contributed by atoms with Gasteiger partial charge in [0.15, 0.2) is 4.91 Å². The third kappa shape index (κ3) is 2.82. The van der Waals surface area contributed by atoms with E-state index in [1.165, 1.54) is 29.5 Å². The summed E-state index contributed by atoms with van der Waals surface area (Å²) in [6.45, 7) is 3.77. The molecule has 20 heavy (non-hydrogen) atoms. The Hall–Kier alpha value is -1.90. The fourth-order valence-corrected chi connectivity index (χ4v) is 3.74. The Kier molecular flexibility index (Phi) is 4.07. The minimum absolute atomic E-state index is 0.144. The van der Waals surface area contributed by atoms with Gasteiger partial charge in [0.05, 0.1) is 4.90 Å². The van der Waals surface area contributed by atoms with Crippen LogP contribution < -0.4 is 0 Å². The van der Waals surface area contributed by atoms with Crippen molar-refractivity contribution in [1.29, 1.82) is 5.26 Å². The van der Waals surface area contributed by atoms with Gasteiger partial charge < -0.3 is 0 Å². The van der Waals surface area contributed by atoms with Crippen molar-refractivity contribution in [3.8, 4) is 6.07 Å². The van der Waals surface area contributed by atoms with Crippen molar-refractivity contribution < 1.29 is 8.42 Å². The van der Waals surface area contributed by atoms with Crippen LogP contribution in [-0.4, -0.2) is 8.42 Å². The van der Waals surface area contributed by atoms with Gasteiger partial charge in [-0.2, -0.15) is 5.26 Å². The molecule has 0 amide bonds. The molecule has 5 heteroatoms. The average molecular weight is 303 g/mol. The fourth-order valence-electron chi connectivity index (χ4n) is 1.67. The lowest BCUT2D eigenvalue weighted by Gasteiger charge is -2.03. The summed E-state index contributed by atoms with van der Waals surface area (Å²) in [4.78, 5) is 0.703. The highest BCUT2D eigenvalue weighted by Gasteiger charge is 2.21. The predicted octanol–water partition coefficient (Wildman–Crippen LogP) is 3.70. The van der Waals surface area contributed by atoms with Crippen LogP contribution >= 0.6 is 11.3 Å². The van der Waals surface area contributed by atoms with Gasteiger partial charge in [0, 0.05) is 4.88 Å². The Balaban J connectivity index is 2.52. The molecule has 0 bridgehead atoms. The first kappa shape index (κ1) is 14.5. The summed E-state index contributed by atoms with van der Waals surface area (Å²) in [7, 11) is -3.75. The zero-order valence-corrected chi connectivity index (χ0v) is 12.8. The lowest BCUT2D eigenvalue weighted by atomic mass is 10.2. The molecular formula is C15H13NO2S2. The van der Waals surface area contributed by atoms with Gasteiger partial charge >= 0.3 is 0 Å². The van der Waals surface area contributed by atoms with Crippen LogP contribution in [-0.2, 0) is 9.84 Å². The van der Waals surface area contributed by atoms with E-state index in [4.69, 9.17) is 0 Å². The van der Waals surface area contributed by atoms with Gasteiger partial charge in [-0.15, -0.1) is 11.3 Å². The third-order valence-electron chi connectivity index (χ3n) is 2.89. The normalized spacial score (nSPS) is 12.2. The van der Waals surface area contributed by atoms with Gasteiger partial charge in [-0.05, 0) is 49.1 Å². The number of allylic oxidation sites excluding steroid dienone is 1. The van der Waals surface area contributed by atoms with Crippen molar-refractivity contribution in [2.75, 3.05) is 0 Å². The van der Waals surface area contributed by atoms with E-state index < -0.39 is 9.84 Å². The zero-order chi connectivity index (χ0) is 14.8. The highest BCUT2D eigenvalue weighted by Crippen LogP contribution is 2.25. The molecule has 2 aromatic rings. The molecule has 0 N–H and O–H groups in total. The minimum Gasteiger partial charge on any atom is -0.218 e. The van der Waals surface area contributed by atoms with Crippen LogP contribution in [0.2, 0.25) is 0 Å². The van der Waals surface area contributed by atoms with Crippen molar-refractivity contribution in [1.82, 2.24) is 0 Å². The van der Waals surface area contributed by atoms with E-state index >= 15 is 0 Å². The monoisotopic (exact) mass is 303 g/mol. The van der Waals surface area contributed by atoms with Crippen LogP contribution in [0.1, 0.15) is 16.0 Å². The molecule has 0 saturated heterocycles. The molecule has 0 aliphatic rings. The van der Waals surface area contributed by atoms with Crippen LogP contribution in [0.3, 0.4) is 0 Å². The van der Waals surface area contributed by atoms with E-state index in [1.54, 1.807) is 18.2 Å². The minimum atomic E-state index is -3.75. The van der Waals surface area contributed by atoms with E-state index in [1.807, 2.05) is 25.3 Å². The van der Waals surface area contributed by atoms with Gasteiger partial charge in [0.25, 0.3) is 0 Å². The summed E-state index contributed by atoms with van der Waals surface area (Å²) in [5.74, 6) is 0. The summed E-state index contributed by atoms with van der Waals surface area (Å²) in [5, 5.41) is 11.0. The van der Waals surface area contributed by atoms with Crippen LogP contribution in [0.4, 0.5) is 0 Å². The van der Waals surface area contributed by atoms with Gasteiger partial charge in [0.2, 0.25) is 9.84 Å². The molecule has 2 rings (SSSR count). The molecule has 0 aliphatic carbocycles. The summed E-state index contributed by atoms with van der Waals surface area (Å²) >= 11 is 1.42. The molecule has 0 saturated carbocycles. The van der Waals surface area contributed by atoms with E-state index in [9.17, 15) is 13.7 Å². The first-order chi connectivity index (χ1) is 9.45. The Morgan fingerprint density at radius 2 is 1.85 bits per heavy atom. The highest BCUT2D eigenvalue weighted by molar-refractivity contribution is 7.95. The molecule has 0 unspecified atom stereocenters. The van der Waals surface area contributed by atoms with Crippen molar-refractivity contribution in [3.63, 3.8) is 0 Å². The SMILES string of the molecule is Cc1ccc(S(=O)(=O)C(C#N)=Cc2sccc2C)cc1. The molecular weight excluding hydrogens is 290 g/mol. The predicted molar refractivity (Wildman–Crippen MR) is 81.0 cm³/mol. The highest BCUT2D eigenvalue weighted by atomic mass is 32.2. The molecule has 0 aliphatic heterocycles. The Morgan fingerprint density at radius 1 is 1.20 bits per heavy atom. The maximum Gasteiger partial charge on any atom is 0.216 e. The Morgan fingerprint density at radius 3 is 2.35 bits per heavy atom. The van der Waals surface area contributed by atoms with Crippen LogP contribution in [0.15, 0.2) is 45.5 Å². The lowest BCUT2D eigenvalue weighted by Crippen LogP contribution is -2.03. The quantitative estimate of drug-likeness (QED) is 0.812. The van der Waals surface area contributed by atoms with Crippen LogP contribution in [0.5, 0.6) is 0 Å². The second-order valence-electron chi connectivity index (χ2n) is 4.40. The molecule has 0 atom stereocenters. The van der Waals surface area contributed by atoms with E-state index in [0.717, 1.165) is 16.0 Å². The molecule has 1 aromatic carbocycles. The number of nitrogens with zero attached hydrogens (tertiary/aromatic N) is 1. The number of nitriles is 1. The van der Waals surface area contributed by atoms with Crippen LogP contribution in [0.25, 0.3) is 6.08 Å². The Bertz CT molecular complexity index is 791. The second kappa shape index (κ2) is 5.61. The first-order valence-electron chi connectivity index (χ1n) is 5.93. The topological polar surface area (TPSA) is 57.9 Å². The van der Waals surface area contributed by atoms with Gasteiger partial charge in [0.1, 0.15) is 6.07 Å². The summed E-state index contributed by atoms with van der Waals surface area (Å²) < 4.78 is 24.9. The van der Waals surface area contributed by atoms with Gasteiger partial charge in [-0.1, -0.05) is 17.7 Å². The molecule has 0 spiro atoms. The largest absolute Gasteiger partial charge is 0.218 e. The maximum atomic E-state index is 12.4. The number of thiophene rings is 1. The van der Waals surface area contributed by atoms with E-state index in [-0.39, 0.29) is 9.80 Å². The molecule has 0 radical (unpaired) electrons. The fraction of sp³-hybridized carbons (Fsp3) is 0.133. The van der Waals surface area contributed by atoms with Crippen molar-refractivity contribution in [3.05, 3.63) is 56.6 Å². The molecule has 0 fully saturated rings. The second-order valence-corrected chi connectivity index (χ2v) is 7.27. The van der Waals surface area contributed by atoms with Crippen molar-refractivity contribution >= 4 is 27.3 Å². The molecule has 102 valence electrons. The van der Waals surface area contributed by atoms with Crippen LogP contribution in [0, 0.1) is 25.2 Å². The Labute approximate surface area is 122 Å². The van der Waals surface area contributed by atoms with Gasteiger partial charge in [-0.25, -0.2) is 8.42 Å². The maximum absolute atomic E-state index is 12.4. The van der Waals surface area contributed by atoms with E-state index in [0.29, 0.717) is 0 Å². The summed E-state index contributed by atoms with van der Waals surface area (Å²) in [5.41, 5.74) is 1.93. The molecule has 3 nitrogen and oxygen atoms in total. The molecule has 1 aromatic heterocycles. The summed E-state index contributed by atoms with van der Waals surface area (Å²) in [6, 6.07) is 10.2. The number of aryl methyl sites for hydroxylation is 2. The standard InChI is InChI=1S/C15H13NO2S2/c1-11-3-5-13(6-4-11)20(17,18)14(10-16)9-15-12(2)7-8-19-15/h3-9H,1-2H3. The average Bonchev–Trinajstić information content (AvgIpc) is 2.81. The number of hydrogen-bond donors (Lipinski definition) is 0. The number of hydrogen-bond acceptors (Lipinski definition) is 4. The third-order valence-corrected chi connectivity index (χ3v) is 5.54. The number of rotatable bonds is 3. The van der Waals surface area contributed by atoms with E-state index in [2.05, 4.69) is 0 Å². The molecule has 1 heterocycles. The number of benzene rings is 1. The number of sulfone groups is 1. The first-order valence-corrected chi connectivity index (χ1v) is 8.29.